The van der Waals surface area contributed by atoms with Gasteiger partial charge in [0.25, 0.3) is 5.91 Å². The van der Waals surface area contributed by atoms with Crippen LogP contribution in [-0.2, 0) is 21.4 Å². The predicted molar refractivity (Wildman–Crippen MR) is 125 cm³/mol. The molecule has 0 aromatic heterocycles. The average molecular weight is 529 g/mol. The number of alkyl halides is 1. The summed E-state index contributed by atoms with van der Waals surface area (Å²) in [5.74, 6) is -3.21. The standard InChI is InChI=1S/C25H28F4N2O4S/c1-3-23(16-6-18(26)9-19(27)7-16)31-12-25(29,13-31)14-35-11-17-8-22(28)21(10-20(17)15-4-5-15)24(32)30-36(2,33)34/h6-10,15,23H,3-5,11-14H2,1-2H3,(H,30,32). The summed E-state index contributed by atoms with van der Waals surface area (Å²) < 4.78 is 87.1. The number of likely N-dealkylation sites (tertiary alicyclic amines) is 1. The molecule has 2 aromatic carbocycles. The van der Waals surface area contributed by atoms with E-state index in [1.165, 1.54) is 18.2 Å². The first-order valence-electron chi connectivity index (χ1n) is 11.7. The molecule has 2 aliphatic rings. The van der Waals surface area contributed by atoms with Crippen molar-refractivity contribution in [3.05, 3.63) is 70.0 Å². The normalized spacial score (nSPS) is 18.5. The minimum atomic E-state index is -3.85. The molecule has 6 nitrogen and oxygen atoms in total. The van der Waals surface area contributed by atoms with E-state index in [2.05, 4.69) is 0 Å². The lowest BCUT2D eigenvalue weighted by molar-refractivity contribution is -0.107. The Kier molecular flexibility index (Phi) is 7.45. The molecule has 1 saturated carbocycles. The topological polar surface area (TPSA) is 75.7 Å². The predicted octanol–water partition coefficient (Wildman–Crippen LogP) is 4.36. The highest BCUT2D eigenvalue weighted by molar-refractivity contribution is 7.89. The Morgan fingerprint density at radius 1 is 1.14 bits per heavy atom. The fourth-order valence-electron chi connectivity index (χ4n) is 4.74. The van der Waals surface area contributed by atoms with Crippen molar-refractivity contribution in [2.45, 2.75) is 50.4 Å². The van der Waals surface area contributed by atoms with Crippen LogP contribution in [0.4, 0.5) is 17.6 Å². The van der Waals surface area contributed by atoms with Crippen LogP contribution in [-0.4, -0.2) is 50.8 Å². The van der Waals surface area contributed by atoms with Gasteiger partial charge in [0.2, 0.25) is 10.0 Å². The summed E-state index contributed by atoms with van der Waals surface area (Å²) in [5.41, 5.74) is -0.429. The van der Waals surface area contributed by atoms with E-state index in [4.69, 9.17) is 4.74 Å². The fraction of sp³-hybridized carbons (Fsp3) is 0.480. The minimum Gasteiger partial charge on any atom is -0.373 e. The van der Waals surface area contributed by atoms with Gasteiger partial charge in [0.05, 0.1) is 25.0 Å². The first kappa shape index (κ1) is 26.6. The molecular weight excluding hydrogens is 500 g/mol. The van der Waals surface area contributed by atoms with E-state index in [1.807, 2.05) is 6.92 Å². The highest BCUT2D eigenvalue weighted by Crippen LogP contribution is 2.43. The zero-order valence-corrected chi connectivity index (χ0v) is 20.8. The van der Waals surface area contributed by atoms with Gasteiger partial charge < -0.3 is 4.74 Å². The lowest BCUT2D eigenvalue weighted by atomic mass is 9.91. The number of sulfonamides is 1. The van der Waals surface area contributed by atoms with E-state index in [1.54, 1.807) is 9.62 Å². The Hall–Kier alpha value is -2.50. The van der Waals surface area contributed by atoms with Crippen LogP contribution in [0.5, 0.6) is 0 Å². The zero-order valence-electron chi connectivity index (χ0n) is 20.0. The minimum absolute atomic E-state index is 0.0259. The first-order chi connectivity index (χ1) is 16.9. The number of benzene rings is 2. The van der Waals surface area contributed by atoms with E-state index in [9.17, 15) is 26.4 Å². The van der Waals surface area contributed by atoms with Gasteiger partial charge in [-0.25, -0.2) is 30.7 Å². The van der Waals surface area contributed by atoms with Crippen molar-refractivity contribution in [1.82, 2.24) is 9.62 Å². The summed E-state index contributed by atoms with van der Waals surface area (Å²) in [4.78, 5) is 14.0. The Balaban J connectivity index is 1.38. The van der Waals surface area contributed by atoms with Crippen molar-refractivity contribution in [2.24, 2.45) is 0 Å². The second kappa shape index (κ2) is 10.1. The maximum atomic E-state index is 15.2. The lowest BCUT2D eigenvalue weighted by Gasteiger charge is -2.48. The second-order valence-electron chi connectivity index (χ2n) is 9.68. The summed E-state index contributed by atoms with van der Waals surface area (Å²) >= 11 is 0. The quantitative estimate of drug-likeness (QED) is 0.464. The van der Waals surface area contributed by atoms with Gasteiger partial charge in [-0.05, 0) is 66.1 Å². The number of halogens is 4. The third-order valence-corrected chi connectivity index (χ3v) is 7.01. The van der Waals surface area contributed by atoms with Gasteiger partial charge in [-0.3, -0.25) is 9.69 Å². The third-order valence-electron chi connectivity index (χ3n) is 6.46. The summed E-state index contributed by atoms with van der Waals surface area (Å²) in [6.45, 7) is 1.58. The van der Waals surface area contributed by atoms with Crippen LogP contribution in [0, 0.1) is 17.5 Å². The Bertz CT molecular complexity index is 1240. The van der Waals surface area contributed by atoms with Crippen LogP contribution in [0.15, 0.2) is 30.3 Å². The fourth-order valence-corrected chi connectivity index (χ4v) is 5.18. The molecule has 1 amide bonds. The van der Waals surface area contributed by atoms with Crippen LogP contribution in [0.25, 0.3) is 0 Å². The Labute approximate surface area is 207 Å². The number of rotatable bonds is 10. The molecule has 36 heavy (non-hydrogen) atoms. The molecule has 1 saturated heterocycles. The molecule has 1 N–H and O–H groups in total. The van der Waals surface area contributed by atoms with Gasteiger partial charge in [-0.15, -0.1) is 0 Å². The average Bonchev–Trinajstić information content (AvgIpc) is 3.56. The molecule has 2 aromatic rings. The number of hydrogen-bond acceptors (Lipinski definition) is 5. The van der Waals surface area contributed by atoms with Gasteiger partial charge >= 0.3 is 0 Å². The smallest absolute Gasteiger partial charge is 0.267 e. The van der Waals surface area contributed by atoms with E-state index in [-0.39, 0.29) is 43.8 Å². The number of carbonyl (C=O) groups excluding carboxylic acids is 1. The summed E-state index contributed by atoms with van der Waals surface area (Å²) in [5, 5.41) is 0. The maximum absolute atomic E-state index is 15.2. The highest BCUT2D eigenvalue weighted by Gasteiger charge is 2.46. The number of amides is 1. The summed E-state index contributed by atoms with van der Waals surface area (Å²) in [6.07, 6.45) is 3.03. The molecule has 2 fully saturated rings. The molecular formula is C25H28F4N2O4S. The molecule has 1 unspecified atom stereocenters. The SMILES string of the molecule is CCC(c1cc(F)cc(F)c1)N1CC(F)(COCc2cc(F)c(C(=O)NS(C)(=O)=O)cc2C2CC2)C1. The molecule has 4 rings (SSSR count). The van der Waals surface area contributed by atoms with Crippen LogP contribution in [0.2, 0.25) is 0 Å². The number of carbonyl (C=O) groups is 1. The highest BCUT2D eigenvalue weighted by atomic mass is 32.2. The van der Waals surface area contributed by atoms with Crippen LogP contribution < -0.4 is 4.72 Å². The van der Waals surface area contributed by atoms with E-state index in [0.29, 0.717) is 23.1 Å². The molecule has 0 bridgehead atoms. The molecule has 0 radical (unpaired) electrons. The van der Waals surface area contributed by atoms with Crippen LogP contribution >= 0.6 is 0 Å². The second-order valence-corrected chi connectivity index (χ2v) is 11.4. The van der Waals surface area contributed by atoms with Gasteiger partial charge in [-0.1, -0.05) is 6.92 Å². The van der Waals surface area contributed by atoms with Crippen LogP contribution in [0.3, 0.4) is 0 Å². The molecule has 11 heteroatoms. The molecule has 196 valence electrons. The van der Waals surface area contributed by atoms with E-state index in [0.717, 1.165) is 31.2 Å². The van der Waals surface area contributed by atoms with Crippen molar-refractivity contribution in [3.63, 3.8) is 0 Å². The van der Waals surface area contributed by atoms with Gasteiger partial charge in [0, 0.05) is 25.2 Å². The van der Waals surface area contributed by atoms with Crippen molar-refractivity contribution in [1.29, 1.82) is 0 Å². The lowest BCUT2D eigenvalue weighted by Crippen LogP contribution is -2.62. The van der Waals surface area contributed by atoms with Gasteiger partial charge in [0.15, 0.2) is 5.67 Å². The number of hydrogen-bond donors (Lipinski definition) is 1. The molecule has 1 aliphatic heterocycles. The maximum Gasteiger partial charge on any atom is 0.267 e. The molecule has 1 heterocycles. The molecule has 1 atom stereocenters. The molecule has 1 aliphatic carbocycles. The van der Waals surface area contributed by atoms with Gasteiger partial charge in [-0.2, -0.15) is 0 Å². The van der Waals surface area contributed by atoms with Crippen LogP contribution in [0.1, 0.15) is 65.2 Å². The van der Waals surface area contributed by atoms with Crippen molar-refractivity contribution in [2.75, 3.05) is 26.0 Å². The Morgan fingerprint density at radius 3 is 2.33 bits per heavy atom. The third kappa shape index (κ3) is 6.24. The number of nitrogens with one attached hydrogen (secondary N) is 1. The largest absolute Gasteiger partial charge is 0.373 e. The van der Waals surface area contributed by atoms with Crippen molar-refractivity contribution >= 4 is 15.9 Å². The summed E-state index contributed by atoms with van der Waals surface area (Å²) in [7, 11) is -3.85. The monoisotopic (exact) mass is 528 g/mol. The first-order valence-corrected chi connectivity index (χ1v) is 13.6. The number of nitrogens with zero attached hydrogens (tertiary/aromatic N) is 1. The summed E-state index contributed by atoms with van der Waals surface area (Å²) in [6, 6.07) is 5.43. The van der Waals surface area contributed by atoms with E-state index >= 15 is 4.39 Å². The zero-order chi connectivity index (χ0) is 26.3. The van der Waals surface area contributed by atoms with E-state index < -0.39 is 39.1 Å². The molecule has 0 spiro atoms. The Morgan fingerprint density at radius 2 is 1.78 bits per heavy atom. The van der Waals surface area contributed by atoms with Gasteiger partial charge in [0.1, 0.15) is 17.5 Å². The van der Waals surface area contributed by atoms with Crippen molar-refractivity contribution < 1.29 is 35.5 Å². The van der Waals surface area contributed by atoms with Crippen molar-refractivity contribution in [3.8, 4) is 0 Å². The number of ether oxygens (including phenoxy) is 1.